The molecule has 0 bridgehead atoms. The number of nitrogens with one attached hydrogen (secondary N) is 1. The standard InChI is InChI=1S/C19H17ClN2O.C4H10O/c20-14-7-8-17-16(11-14)15-9-10-22(12-23)19(18(15)21-17)13-5-3-1-2-4-6-13;1-4(2)5-3/h1,3-8,11-12,19,21H,2,9-10H2;4H,1-3H3. The molecule has 0 spiro atoms. The Labute approximate surface area is 171 Å². The first-order chi connectivity index (χ1) is 13.5. The smallest absolute Gasteiger partial charge is 0.210 e. The molecule has 1 amide bonds. The number of carbonyl (C=O) groups excluding carboxylic acids is 1. The molecule has 0 radical (unpaired) electrons. The number of nitrogens with zero attached hydrogens (tertiary/aromatic N) is 1. The highest BCUT2D eigenvalue weighted by atomic mass is 35.5. The number of carbonyl (C=O) groups is 1. The highest BCUT2D eigenvalue weighted by Gasteiger charge is 2.31. The van der Waals surface area contributed by atoms with E-state index in [2.05, 4.69) is 35.4 Å². The van der Waals surface area contributed by atoms with Gasteiger partial charge in [-0.2, -0.15) is 0 Å². The molecule has 2 aromatic rings. The van der Waals surface area contributed by atoms with Crippen molar-refractivity contribution in [3.8, 4) is 0 Å². The van der Waals surface area contributed by atoms with Crippen LogP contribution in [-0.4, -0.2) is 36.1 Å². The van der Waals surface area contributed by atoms with Crippen LogP contribution in [0, 0.1) is 0 Å². The number of hydrogen-bond acceptors (Lipinski definition) is 2. The predicted octanol–water partition coefficient (Wildman–Crippen LogP) is 5.36. The fourth-order valence-electron chi connectivity index (χ4n) is 3.53. The van der Waals surface area contributed by atoms with E-state index < -0.39 is 0 Å². The van der Waals surface area contributed by atoms with E-state index in [1.807, 2.05) is 36.9 Å². The molecule has 2 aliphatic rings. The number of amides is 1. The van der Waals surface area contributed by atoms with Crippen LogP contribution in [0.4, 0.5) is 0 Å². The van der Waals surface area contributed by atoms with Gasteiger partial charge in [-0.15, -0.1) is 0 Å². The van der Waals surface area contributed by atoms with Crippen LogP contribution in [0.25, 0.3) is 10.9 Å². The zero-order valence-electron chi connectivity index (χ0n) is 16.6. The van der Waals surface area contributed by atoms with Gasteiger partial charge in [0.2, 0.25) is 6.41 Å². The van der Waals surface area contributed by atoms with Crippen LogP contribution >= 0.6 is 11.6 Å². The third-order valence-corrected chi connectivity index (χ3v) is 5.29. The zero-order valence-corrected chi connectivity index (χ0v) is 17.4. The molecule has 1 aromatic heterocycles. The molecule has 1 aromatic carbocycles. The van der Waals surface area contributed by atoms with E-state index in [9.17, 15) is 4.79 Å². The van der Waals surface area contributed by atoms with E-state index in [1.165, 1.54) is 5.56 Å². The van der Waals surface area contributed by atoms with Crippen molar-refractivity contribution in [2.75, 3.05) is 13.7 Å². The number of halogens is 1. The van der Waals surface area contributed by atoms with E-state index in [4.69, 9.17) is 16.3 Å². The molecule has 4 nitrogen and oxygen atoms in total. The molecule has 1 aliphatic heterocycles. The van der Waals surface area contributed by atoms with Gasteiger partial charge < -0.3 is 14.6 Å². The Morgan fingerprint density at radius 3 is 2.82 bits per heavy atom. The van der Waals surface area contributed by atoms with Gasteiger partial charge >= 0.3 is 0 Å². The second-order valence-corrected chi connectivity index (χ2v) is 7.66. The Hall–Kier alpha value is -2.30. The van der Waals surface area contributed by atoms with Crippen molar-refractivity contribution in [3.05, 3.63) is 70.4 Å². The molecule has 148 valence electrons. The Balaban J connectivity index is 0.000000403. The summed E-state index contributed by atoms with van der Waals surface area (Å²) in [6.45, 7) is 4.72. The molecule has 1 N–H and O–H groups in total. The van der Waals surface area contributed by atoms with Crippen LogP contribution in [-0.2, 0) is 16.0 Å². The Morgan fingerprint density at radius 2 is 2.11 bits per heavy atom. The monoisotopic (exact) mass is 398 g/mol. The lowest BCUT2D eigenvalue weighted by atomic mass is 9.92. The number of allylic oxidation sites excluding steroid dienone is 4. The topological polar surface area (TPSA) is 45.3 Å². The summed E-state index contributed by atoms with van der Waals surface area (Å²) >= 11 is 6.17. The van der Waals surface area contributed by atoms with Gasteiger partial charge in [0.15, 0.2) is 0 Å². The highest BCUT2D eigenvalue weighted by molar-refractivity contribution is 6.31. The van der Waals surface area contributed by atoms with Crippen molar-refractivity contribution >= 4 is 28.9 Å². The lowest BCUT2D eigenvalue weighted by Gasteiger charge is -2.33. The molecule has 0 fully saturated rings. The fourth-order valence-corrected chi connectivity index (χ4v) is 3.70. The number of methoxy groups -OCH3 is 1. The maximum absolute atomic E-state index is 11.6. The summed E-state index contributed by atoms with van der Waals surface area (Å²) in [5.41, 5.74) is 4.58. The Bertz CT molecular complexity index is 924. The fraction of sp³-hybridized carbons (Fsp3) is 0.348. The first-order valence-electron chi connectivity index (χ1n) is 9.62. The molecule has 1 aliphatic carbocycles. The lowest BCUT2D eigenvalue weighted by Crippen LogP contribution is -2.35. The van der Waals surface area contributed by atoms with Gasteiger partial charge in [0.1, 0.15) is 0 Å². The van der Waals surface area contributed by atoms with Crippen molar-refractivity contribution in [1.82, 2.24) is 9.88 Å². The predicted molar refractivity (Wildman–Crippen MR) is 116 cm³/mol. The molecule has 28 heavy (non-hydrogen) atoms. The van der Waals surface area contributed by atoms with E-state index in [0.717, 1.165) is 53.0 Å². The second kappa shape index (κ2) is 9.26. The van der Waals surface area contributed by atoms with Gasteiger partial charge in [-0.1, -0.05) is 42.0 Å². The largest absolute Gasteiger partial charge is 0.382 e. The summed E-state index contributed by atoms with van der Waals surface area (Å²) in [5.74, 6) is 0. The third kappa shape index (κ3) is 4.40. The minimum atomic E-state index is -0.0681. The van der Waals surface area contributed by atoms with Crippen LogP contribution in [0.3, 0.4) is 0 Å². The maximum atomic E-state index is 11.6. The summed E-state index contributed by atoms with van der Waals surface area (Å²) in [6, 6.07) is 5.85. The number of aromatic amines is 1. The first-order valence-corrected chi connectivity index (χ1v) is 10.00. The van der Waals surface area contributed by atoms with Crippen LogP contribution in [0.1, 0.15) is 37.6 Å². The van der Waals surface area contributed by atoms with Gasteiger partial charge in [0, 0.05) is 35.3 Å². The van der Waals surface area contributed by atoms with E-state index in [-0.39, 0.29) is 6.04 Å². The number of fused-ring (bicyclic) bond motifs is 3. The summed E-state index contributed by atoms with van der Waals surface area (Å²) in [6.07, 6.45) is 13.6. The van der Waals surface area contributed by atoms with Gasteiger partial charge in [0.05, 0.1) is 12.1 Å². The summed E-state index contributed by atoms with van der Waals surface area (Å²) in [7, 11) is 1.70. The minimum Gasteiger partial charge on any atom is -0.382 e. The molecule has 2 heterocycles. The Morgan fingerprint density at radius 1 is 1.32 bits per heavy atom. The van der Waals surface area contributed by atoms with E-state index in [0.29, 0.717) is 6.10 Å². The molecule has 4 rings (SSSR count). The minimum absolute atomic E-state index is 0.0681. The number of H-pyrrole nitrogens is 1. The average Bonchev–Trinajstić information content (AvgIpc) is 2.87. The van der Waals surface area contributed by atoms with Gasteiger partial charge in [0.25, 0.3) is 0 Å². The van der Waals surface area contributed by atoms with Crippen LogP contribution < -0.4 is 0 Å². The SMILES string of the molecule is COC(C)C.O=CN1CCc2c([nH]c3ccc(Cl)cc23)C1C1=CC=CCC=C1. The van der Waals surface area contributed by atoms with Crippen molar-refractivity contribution < 1.29 is 9.53 Å². The van der Waals surface area contributed by atoms with E-state index >= 15 is 0 Å². The molecule has 1 unspecified atom stereocenters. The number of ether oxygens (including phenoxy) is 1. The van der Waals surface area contributed by atoms with Crippen molar-refractivity contribution in [2.24, 2.45) is 0 Å². The number of rotatable bonds is 3. The lowest BCUT2D eigenvalue weighted by molar-refractivity contribution is -0.120. The number of benzene rings is 1. The molecule has 1 atom stereocenters. The molecular weight excluding hydrogens is 372 g/mol. The van der Waals surface area contributed by atoms with Gasteiger partial charge in [-0.05, 0) is 56.0 Å². The normalized spacial score (nSPS) is 18.4. The van der Waals surface area contributed by atoms with Crippen LogP contribution in [0.15, 0.2) is 54.2 Å². The van der Waals surface area contributed by atoms with Crippen LogP contribution in [0.2, 0.25) is 5.02 Å². The highest BCUT2D eigenvalue weighted by Crippen LogP contribution is 2.39. The van der Waals surface area contributed by atoms with Crippen molar-refractivity contribution in [2.45, 2.75) is 38.8 Å². The number of aromatic nitrogens is 1. The summed E-state index contributed by atoms with van der Waals surface area (Å²) in [4.78, 5) is 17.0. The molecule has 5 heteroatoms. The molecule has 0 saturated carbocycles. The van der Waals surface area contributed by atoms with Crippen molar-refractivity contribution in [1.29, 1.82) is 0 Å². The maximum Gasteiger partial charge on any atom is 0.210 e. The number of hydrogen-bond donors (Lipinski definition) is 1. The average molecular weight is 399 g/mol. The first kappa shape index (κ1) is 20.4. The quantitative estimate of drug-likeness (QED) is 0.707. The van der Waals surface area contributed by atoms with Gasteiger partial charge in [-0.25, -0.2) is 0 Å². The molecular formula is C23H27ClN2O2. The van der Waals surface area contributed by atoms with E-state index in [1.54, 1.807) is 7.11 Å². The summed E-state index contributed by atoms with van der Waals surface area (Å²) < 4.78 is 4.75. The summed E-state index contributed by atoms with van der Waals surface area (Å²) in [5, 5.41) is 1.90. The Kier molecular flexibility index (Phi) is 6.76. The third-order valence-electron chi connectivity index (χ3n) is 5.06. The second-order valence-electron chi connectivity index (χ2n) is 7.22. The van der Waals surface area contributed by atoms with Crippen molar-refractivity contribution in [3.63, 3.8) is 0 Å². The molecule has 0 saturated heterocycles. The van der Waals surface area contributed by atoms with Gasteiger partial charge in [-0.3, -0.25) is 4.79 Å². The zero-order chi connectivity index (χ0) is 20.1. The van der Waals surface area contributed by atoms with Crippen LogP contribution in [0.5, 0.6) is 0 Å².